The first-order valence-electron chi connectivity index (χ1n) is 38.3. The maximum atomic E-state index is 13.1. The maximum Gasteiger partial charge on any atom is 0.472 e. The number of phosphoric ester groups is 2. The second-order valence-corrected chi connectivity index (χ2v) is 31.0. The average Bonchev–Trinajstić information content (AvgIpc) is 2.88. The standard InChI is InChI=1S/C74H144O17P2/c1-9-66(7)52-44-36-27-23-19-17-15-13-11-12-14-16-18-20-24-29-40-48-56-73(78)90-69(60-84-71(76)54-46-38-28-25-21-22-26-34-42-50-64(3)4)62-88-92(80,81)86-58-68(75)59-87-93(82,83)89-63-70(61-85-72(77)55-47-39-32-30-35-43-51-65(5)6)91-74(79)57-49-41-33-31-37-45-53-67(8)10-2/h64-70,75H,9-63H2,1-8H3,(H,80,81)(H,82,83)/t66?,67?,68-,69-,70-/m1/s1. The summed E-state index contributed by atoms with van der Waals surface area (Å²) < 4.78 is 68.3. The molecule has 0 heterocycles. The summed E-state index contributed by atoms with van der Waals surface area (Å²) in [5, 5.41) is 10.6. The van der Waals surface area contributed by atoms with Gasteiger partial charge in [-0.1, -0.05) is 319 Å². The molecule has 0 saturated carbocycles. The molecule has 0 amide bonds. The molecule has 0 radical (unpaired) electrons. The number of carbonyl (C=O) groups excluding carboxylic acids is 4. The Kier molecular flexibility index (Phi) is 62.2. The number of ether oxygens (including phenoxy) is 4. The van der Waals surface area contributed by atoms with Crippen molar-refractivity contribution < 1.29 is 80.2 Å². The summed E-state index contributed by atoms with van der Waals surface area (Å²) in [5.41, 5.74) is 0. The van der Waals surface area contributed by atoms with E-state index >= 15 is 0 Å². The molecule has 0 aromatic carbocycles. The smallest absolute Gasteiger partial charge is 0.462 e. The van der Waals surface area contributed by atoms with Crippen LogP contribution in [0, 0.1) is 23.7 Å². The Balaban J connectivity index is 5.17. The Labute approximate surface area is 568 Å². The van der Waals surface area contributed by atoms with Gasteiger partial charge in [0, 0.05) is 25.7 Å². The molecule has 0 rings (SSSR count). The number of carbonyl (C=O) groups is 4. The molecule has 0 aromatic rings. The number of phosphoric acid groups is 2. The van der Waals surface area contributed by atoms with E-state index in [1.54, 1.807) is 0 Å². The number of aliphatic hydroxyl groups excluding tert-OH is 1. The van der Waals surface area contributed by atoms with E-state index in [4.69, 9.17) is 37.0 Å². The first-order valence-corrected chi connectivity index (χ1v) is 41.3. The lowest BCUT2D eigenvalue weighted by Gasteiger charge is -2.21. The maximum absolute atomic E-state index is 13.1. The number of aliphatic hydroxyl groups is 1. The molecule has 93 heavy (non-hydrogen) atoms. The number of unbranched alkanes of at least 4 members (excludes halogenated alkanes) is 35. The van der Waals surface area contributed by atoms with Crippen LogP contribution in [0.4, 0.5) is 0 Å². The summed E-state index contributed by atoms with van der Waals surface area (Å²) in [6.07, 6.45) is 47.5. The normalized spacial score (nSPS) is 14.8. The predicted octanol–water partition coefficient (Wildman–Crippen LogP) is 21.3. The van der Waals surface area contributed by atoms with Crippen LogP contribution in [0.2, 0.25) is 0 Å². The van der Waals surface area contributed by atoms with E-state index in [1.807, 2.05) is 0 Å². The highest BCUT2D eigenvalue weighted by molar-refractivity contribution is 7.47. The van der Waals surface area contributed by atoms with Crippen LogP contribution in [0.1, 0.15) is 370 Å². The van der Waals surface area contributed by atoms with E-state index in [9.17, 15) is 43.2 Å². The summed E-state index contributed by atoms with van der Waals surface area (Å²) in [6.45, 7) is 14.1. The van der Waals surface area contributed by atoms with Gasteiger partial charge in [-0.15, -0.1) is 0 Å². The highest BCUT2D eigenvalue weighted by Gasteiger charge is 2.30. The second-order valence-electron chi connectivity index (χ2n) is 28.1. The molecule has 3 N–H and O–H groups in total. The molecule has 552 valence electrons. The van der Waals surface area contributed by atoms with Crippen molar-refractivity contribution in [2.75, 3.05) is 39.6 Å². The van der Waals surface area contributed by atoms with Crippen molar-refractivity contribution in [1.82, 2.24) is 0 Å². The molecule has 0 fully saturated rings. The van der Waals surface area contributed by atoms with Crippen LogP contribution < -0.4 is 0 Å². The fourth-order valence-electron chi connectivity index (χ4n) is 11.1. The molecule has 7 atom stereocenters. The SMILES string of the molecule is CCC(C)CCCCCCCCCCCCCCCCCCCCC(=O)O[C@H](COC(=O)CCCCCCCCCCCC(C)C)COP(=O)(O)OC[C@@H](O)COP(=O)(O)OC[C@@H](COC(=O)CCCCCCCCC(C)C)OC(=O)CCCCCCCCC(C)CC. The van der Waals surface area contributed by atoms with Crippen LogP contribution in [0.5, 0.6) is 0 Å². The lowest BCUT2D eigenvalue weighted by molar-refractivity contribution is -0.161. The van der Waals surface area contributed by atoms with E-state index < -0.39 is 97.5 Å². The molecular formula is C74H144O17P2. The topological polar surface area (TPSA) is 237 Å². The summed E-state index contributed by atoms with van der Waals surface area (Å²) in [4.78, 5) is 72.6. The van der Waals surface area contributed by atoms with Gasteiger partial charge < -0.3 is 33.8 Å². The van der Waals surface area contributed by atoms with Crippen molar-refractivity contribution in [2.24, 2.45) is 23.7 Å². The summed E-state index contributed by atoms with van der Waals surface area (Å²) in [6, 6.07) is 0. The zero-order valence-corrected chi connectivity index (χ0v) is 62.7. The lowest BCUT2D eigenvalue weighted by Crippen LogP contribution is -2.30. The second kappa shape index (κ2) is 63.5. The minimum absolute atomic E-state index is 0.102. The summed E-state index contributed by atoms with van der Waals surface area (Å²) in [5.74, 6) is 0.884. The Morgan fingerprint density at radius 2 is 0.516 bits per heavy atom. The molecule has 0 aliphatic heterocycles. The third kappa shape index (κ3) is 65.8. The molecule has 19 heteroatoms. The van der Waals surface area contributed by atoms with Crippen molar-refractivity contribution in [1.29, 1.82) is 0 Å². The molecule has 0 spiro atoms. The highest BCUT2D eigenvalue weighted by atomic mass is 31.2. The Bertz CT molecular complexity index is 1840. The first kappa shape index (κ1) is 91.1. The van der Waals surface area contributed by atoms with Crippen LogP contribution in [-0.2, 0) is 65.4 Å². The highest BCUT2D eigenvalue weighted by Crippen LogP contribution is 2.45. The van der Waals surface area contributed by atoms with Gasteiger partial charge in [0.1, 0.15) is 19.3 Å². The summed E-state index contributed by atoms with van der Waals surface area (Å²) in [7, 11) is -9.91. The Morgan fingerprint density at radius 3 is 0.763 bits per heavy atom. The van der Waals surface area contributed by atoms with Crippen molar-refractivity contribution in [3.63, 3.8) is 0 Å². The third-order valence-corrected chi connectivity index (χ3v) is 19.7. The van der Waals surface area contributed by atoms with Crippen LogP contribution in [-0.4, -0.2) is 96.7 Å². The Morgan fingerprint density at radius 1 is 0.301 bits per heavy atom. The van der Waals surface area contributed by atoms with E-state index in [0.717, 1.165) is 114 Å². The largest absolute Gasteiger partial charge is 0.472 e. The van der Waals surface area contributed by atoms with Gasteiger partial charge in [0.05, 0.1) is 26.4 Å². The van der Waals surface area contributed by atoms with Gasteiger partial charge in [-0.2, -0.15) is 0 Å². The third-order valence-electron chi connectivity index (χ3n) is 17.8. The molecule has 0 saturated heterocycles. The molecular weight excluding hydrogens is 1220 g/mol. The molecule has 4 unspecified atom stereocenters. The fourth-order valence-corrected chi connectivity index (χ4v) is 12.7. The van der Waals surface area contributed by atoms with Gasteiger partial charge in [-0.05, 0) is 49.4 Å². The minimum Gasteiger partial charge on any atom is -0.462 e. The monoisotopic (exact) mass is 1370 g/mol. The fraction of sp³-hybridized carbons (Fsp3) is 0.946. The van der Waals surface area contributed by atoms with Gasteiger partial charge in [-0.25, -0.2) is 9.13 Å². The number of rotatable bonds is 71. The zero-order chi connectivity index (χ0) is 68.9. The van der Waals surface area contributed by atoms with Crippen molar-refractivity contribution in [3.05, 3.63) is 0 Å². The number of hydrogen-bond acceptors (Lipinski definition) is 15. The molecule has 0 bridgehead atoms. The lowest BCUT2D eigenvalue weighted by atomic mass is 9.99. The quantitative estimate of drug-likeness (QED) is 0.0222. The van der Waals surface area contributed by atoms with Gasteiger partial charge in [-0.3, -0.25) is 37.3 Å². The van der Waals surface area contributed by atoms with Gasteiger partial charge in [0.25, 0.3) is 0 Å². The minimum atomic E-state index is -4.96. The van der Waals surface area contributed by atoms with Gasteiger partial charge in [0.2, 0.25) is 0 Å². The molecule has 0 aliphatic rings. The van der Waals surface area contributed by atoms with Gasteiger partial charge >= 0.3 is 39.5 Å². The van der Waals surface area contributed by atoms with Crippen LogP contribution >= 0.6 is 15.6 Å². The number of esters is 4. The predicted molar refractivity (Wildman–Crippen MR) is 377 cm³/mol. The van der Waals surface area contributed by atoms with E-state index in [-0.39, 0.29) is 25.7 Å². The Hall–Kier alpha value is -1.94. The average molecular weight is 1370 g/mol. The van der Waals surface area contributed by atoms with E-state index in [2.05, 4.69) is 55.4 Å². The number of hydrogen-bond donors (Lipinski definition) is 3. The zero-order valence-electron chi connectivity index (χ0n) is 60.9. The van der Waals surface area contributed by atoms with Crippen molar-refractivity contribution in [3.8, 4) is 0 Å². The van der Waals surface area contributed by atoms with Crippen molar-refractivity contribution >= 4 is 39.5 Å². The first-order chi connectivity index (χ1) is 44.7. The van der Waals surface area contributed by atoms with E-state index in [1.165, 1.54) is 167 Å². The van der Waals surface area contributed by atoms with E-state index in [0.29, 0.717) is 31.6 Å². The van der Waals surface area contributed by atoms with Crippen LogP contribution in [0.25, 0.3) is 0 Å². The van der Waals surface area contributed by atoms with Crippen LogP contribution in [0.15, 0.2) is 0 Å². The molecule has 0 aromatic heterocycles. The van der Waals surface area contributed by atoms with Crippen LogP contribution in [0.3, 0.4) is 0 Å². The van der Waals surface area contributed by atoms with Crippen molar-refractivity contribution in [2.45, 2.75) is 388 Å². The molecule has 0 aliphatic carbocycles. The van der Waals surface area contributed by atoms with Gasteiger partial charge in [0.15, 0.2) is 12.2 Å². The molecule has 17 nitrogen and oxygen atoms in total. The summed E-state index contributed by atoms with van der Waals surface area (Å²) >= 11 is 0.